The molecule has 1 fully saturated rings. The second-order valence-electron chi connectivity index (χ2n) is 7.42. The Hall–Kier alpha value is -2.69. The molecule has 3 aromatic rings. The largest absolute Gasteiger partial charge is 0.478 e. The highest BCUT2D eigenvalue weighted by Gasteiger charge is 2.21. The van der Waals surface area contributed by atoms with Gasteiger partial charge in [-0.1, -0.05) is 44.6 Å². The van der Waals surface area contributed by atoms with Gasteiger partial charge in [0.25, 0.3) is 0 Å². The topological polar surface area (TPSA) is 68.0 Å². The van der Waals surface area contributed by atoms with Crippen LogP contribution in [-0.2, 0) is 0 Å². The maximum Gasteiger partial charge on any atom is 0.335 e. The second kappa shape index (κ2) is 7.91. The Kier molecular flexibility index (Phi) is 5.19. The highest BCUT2D eigenvalue weighted by Crippen LogP contribution is 2.34. The van der Waals surface area contributed by atoms with Gasteiger partial charge in [-0.25, -0.2) is 14.5 Å². The number of carboxylic acid groups (broad SMARTS) is 1. The number of carboxylic acids is 1. The molecule has 5 heteroatoms. The van der Waals surface area contributed by atoms with Crippen molar-refractivity contribution in [2.45, 2.75) is 57.3 Å². The number of hydrogen-bond donors (Lipinski definition) is 1. The zero-order valence-corrected chi connectivity index (χ0v) is 15.5. The van der Waals surface area contributed by atoms with Crippen LogP contribution >= 0.6 is 0 Å². The Labute approximate surface area is 159 Å². The van der Waals surface area contributed by atoms with Crippen molar-refractivity contribution in [2.75, 3.05) is 0 Å². The summed E-state index contributed by atoms with van der Waals surface area (Å²) in [6, 6.07) is 11.0. The van der Waals surface area contributed by atoms with E-state index in [1.807, 2.05) is 16.8 Å². The first-order valence-electron chi connectivity index (χ1n) is 9.91. The highest BCUT2D eigenvalue weighted by atomic mass is 16.4. The first-order valence-corrected chi connectivity index (χ1v) is 9.91. The fourth-order valence-electron chi connectivity index (χ4n) is 4.13. The lowest BCUT2D eigenvalue weighted by Gasteiger charge is -2.13. The molecule has 0 amide bonds. The van der Waals surface area contributed by atoms with Crippen LogP contribution < -0.4 is 0 Å². The first-order chi connectivity index (χ1) is 13.2. The normalized spacial score (nSPS) is 16.6. The molecule has 0 bridgehead atoms. The number of carbonyl (C=O) groups is 1. The average Bonchev–Trinajstić information content (AvgIpc) is 3.13. The van der Waals surface area contributed by atoms with Gasteiger partial charge in [-0.3, -0.25) is 0 Å². The van der Waals surface area contributed by atoms with Gasteiger partial charge in [0, 0.05) is 17.5 Å². The van der Waals surface area contributed by atoms with Crippen LogP contribution in [0.25, 0.3) is 16.7 Å². The molecule has 0 aliphatic heterocycles. The van der Waals surface area contributed by atoms with Gasteiger partial charge < -0.3 is 5.11 Å². The second-order valence-corrected chi connectivity index (χ2v) is 7.42. The van der Waals surface area contributed by atoms with Gasteiger partial charge in [0.2, 0.25) is 0 Å². The summed E-state index contributed by atoms with van der Waals surface area (Å²) < 4.78 is 1.81. The molecule has 0 unspecified atom stereocenters. The molecule has 1 aliphatic carbocycles. The Morgan fingerprint density at radius 1 is 1.00 bits per heavy atom. The van der Waals surface area contributed by atoms with E-state index in [1.165, 1.54) is 38.5 Å². The van der Waals surface area contributed by atoms with E-state index in [2.05, 4.69) is 11.1 Å². The summed E-state index contributed by atoms with van der Waals surface area (Å²) in [5.74, 6) is -0.489. The van der Waals surface area contributed by atoms with Gasteiger partial charge in [-0.2, -0.15) is 5.10 Å². The summed E-state index contributed by atoms with van der Waals surface area (Å²) in [4.78, 5) is 15.9. The minimum Gasteiger partial charge on any atom is -0.478 e. The maximum atomic E-state index is 11.4. The number of fused-ring (bicyclic) bond motifs is 1. The van der Waals surface area contributed by atoms with Crippen LogP contribution in [0, 0.1) is 0 Å². The molecular weight excluding hydrogens is 338 g/mol. The Morgan fingerprint density at radius 2 is 1.74 bits per heavy atom. The summed E-state index contributed by atoms with van der Waals surface area (Å²) in [5.41, 5.74) is 2.92. The van der Waals surface area contributed by atoms with Crippen LogP contribution in [0.5, 0.6) is 0 Å². The van der Waals surface area contributed by atoms with Gasteiger partial charge in [-0.15, -0.1) is 0 Å². The number of hydrogen-bond acceptors (Lipinski definition) is 3. The van der Waals surface area contributed by atoms with E-state index >= 15 is 0 Å². The quantitative estimate of drug-likeness (QED) is 0.682. The van der Waals surface area contributed by atoms with Gasteiger partial charge in [0.05, 0.1) is 16.9 Å². The van der Waals surface area contributed by atoms with E-state index in [0.717, 1.165) is 35.3 Å². The van der Waals surface area contributed by atoms with E-state index in [-0.39, 0.29) is 5.56 Å². The zero-order valence-electron chi connectivity index (χ0n) is 15.5. The Balaban J connectivity index is 1.79. The van der Waals surface area contributed by atoms with Crippen LogP contribution in [-0.4, -0.2) is 25.8 Å². The number of aromatic carboxylic acids is 1. The zero-order chi connectivity index (χ0) is 18.6. The lowest BCUT2D eigenvalue weighted by Crippen LogP contribution is -2.04. The smallest absolute Gasteiger partial charge is 0.335 e. The SMILES string of the molecule is O=C(O)c1cccc(-n2nc(C3CCCCCCCC3)c3cccnc32)c1. The standard InChI is InChI=1S/C22H25N3O2/c26-22(27)17-11-7-12-18(15-17)25-21-19(13-8-14-23-21)20(24-25)16-9-5-3-1-2-4-6-10-16/h7-8,11-16H,1-6,9-10H2,(H,26,27). The predicted octanol–water partition coefficient (Wildman–Crippen LogP) is 5.34. The Morgan fingerprint density at radius 3 is 2.48 bits per heavy atom. The van der Waals surface area contributed by atoms with E-state index in [9.17, 15) is 9.90 Å². The van der Waals surface area contributed by atoms with Crippen molar-refractivity contribution in [1.82, 2.24) is 14.8 Å². The predicted molar refractivity (Wildman–Crippen MR) is 106 cm³/mol. The molecular formula is C22H25N3O2. The van der Waals surface area contributed by atoms with E-state index in [4.69, 9.17) is 5.10 Å². The molecule has 0 atom stereocenters. The van der Waals surface area contributed by atoms with Gasteiger partial charge in [-0.05, 0) is 43.2 Å². The summed E-state index contributed by atoms with van der Waals surface area (Å²) >= 11 is 0. The maximum absolute atomic E-state index is 11.4. The molecule has 1 aliphatic rings. The fourth-order valence-corrected chi connectivity index (χ4v) is 4.13. The van der Waals surface area contributed by atoms with Gasteiger partial charge >= 0.3 is 5.97 Å². The first kappa shape index (κ1) is 17.7. The molecule has 27 heavy (non-hydrogen) atoms. The minimum absolute atomic E-state index is 0.260. The average molecular weight is 363 g/mol. The van der Waals surface area contributed by atoms with Crippen molar-refractivity contribution < 1.29 is 9.90 Å². The number of rotatable bonds is 3. The number of aromatic nitrogens is 3. The van der Waals surface area contributed by atoms with E-state index in [0.29, 0.717) is 5.92 Å². The van der Waals surface area contributed by atoms with Crippen LogP contribution in [0.3, 0.4) is 0 Å². The molecule has 5 nitrogen and oxygen atoms in total. The van der Waals surface area contributed by atoms with Gasteiger partial charge in [0.15, 0.2) is 5.65 Å². The van der Waals surface area contributed by atoms with Crippen molar-refractivity contribution in [2.24, 2.45) is 0 Å². The minimum atomic E-state index is -0.933. The summed E-state index contributed by atoms with van der Waals surface area (Å²) in [6.07, 6.45) is 11.9. The molecule has 140 valence electrons. The van der Waals surface area contributed by atoms with Crippen LogP contribution in [0.4, 0.5) is 0 Å². The molecule has 0 saturated heterocycles. The van der Waals surface area contributed by atoms with Crippen LogP contribution in [0.15, 0.2) is 42.6 Å². The molecule has 4 rings (SSSR count). The molecule has 1 N–H and O–H groups in total. The lowest BCUT2D eigenvalue weighted by molar-refractivity contribution is 0.0697. The van der Waals surface area contributed by atoms with Crippen molar-refractivity contribution >= 4 is 17.0 Å². The molecule has 1 aromatic carbocycles. The third-order valence-electron chi connectivity index (χ3n) is 5.55. The number of nitrogens with zero attached hydrogens (tertiary/aromatic N) is 3. The van der Waals surface area contributed by atoms with E-state index in [1.54, 1.807) is 24.4 Å². The van der Waals surface area contributed by atoms with Crippen molar-refractivity contribution in [3.63, 3.8) is 0 Å². The molecule has 0 spiro atoms. The summed E-state index contributed by atoms with van der Waals surface area (Å²) in [6.45, 7) is 0. The highest BCUT2D eigenvalue weighted by molar-refractivity contribution is 5.88. The molecule has 2 heterocycles. The van der Waals surface area contributed by atoms with Crippen molar-refractivity contribution in [1.29, 1.82) is 0 Å². The molecule has 1 saturated carbocycles. The monoisotopic (exact) mass is 363 g/mol. The van der Waals surface area contributed by atoms with Crippen LogP contribution in [0.1, 0.15) is 73.3 Å². The van der Waals surface area contributed by atoms with Crippen LogP contribution in [0.2, 0.25) is 0 Å². The van der Waals surface area contributed by atoms with Crippen molar-refractivity contribution in [3.8, 4) is 5.69 Å². The fraction of sp³-hybridized carbons (Fsp3) is 0.409. The van der Waals surface area contributed by atoms with Gasteiger partial charge in [0.1, 0.15) is 0 Å². The summed E-state index contributed by atoms with van der Waals surface area (Å²) in [7, 11) is 0. The number of benzene rings is 1. The number of pyridine rings is 1. The summed E-state index contributed by atoms with van der Waals surface area (Å²) in [5, 5.41) is 15.4. The third kappa shape index (κ3) is 3.72. The lowest BCUT2D eigenvalue weighted by atomic mass is 9.92. The third-order valence-corrected chi connectivity index (χ3v) is 5.55. The Bertz CT molecular complexity index is 938. The van der Waals surface area contributed by atoms with E-state index < -0.39 is 5.97 Å². The van der Waals surface area contributed by atoms with Crippen molar-refractivity contribution in [3.05, 3.63) is 53.9 Å². The molecule has 2 aromatic heterocycles. The molecule has 0 radical (unpaired) electrons.